The van der Waals surface area contributed by atoms with Crippen molar-refractivity contribution in [1.29, 1.82) is 0 Å². The maximum Gasteiger partial charge on any atom is -0.00878 e. The van der Waals surface area contributed by atoms with Gasteiger partial charge < -0.3 is 0 Å². The molecule has 3 saturated carbocycles. The molecule has 0 aromatic carbocycles. The predicted octanol–water partition coefficient (Wildman–Crippen LogP) is 9.39. The number of hydrogen-bond donors (Lipinski definition) is 0. The fourth-order valence-corrected chi connectivity index (χ4v) is 6.62. The van der Waals surface area contributed by atoms with E-state index in [4.69, 9.17) is 0 Å². The molecule has 0 heterocycles. The van der Waals surface area contributed by atoms with Gasteiger partial charge in [-0.25, -0.2) is 0 Å². The quantitative estimate of drug-likeness (QED) is 0.414. The van der Waals surface area contributed by atoms with Crippen molar-refractivity contribution in [2.24, 2.45) is 34.5 Å². The average Bonchev–Trinajstić information content (AvgIpc) is 2.65. The van der Waals surface area contributed by atoms with E-state index >= 15 is 0 Å². The molecule has 0 radical (unpaired) electrons. The normalized spacial score (nSPS) is 39.4. The molecule has 0 aromatic rings. The number of allylic oxidation sites excluding steroid dienone is 3. The van der Waals surface area contributed by atoms with Crippen molar-refractivity contribution in [2.75, 3.05) is 0 Å². The largest absolute Gasteiger partial charge is 0.0999 e. The molecular formula is C28H50. The highest BCUT2D eigenvalue weighted by Crippen LogP contribution is 2.65. The molecule has 6 atom stereocenters. The number of rotatable bonds is 2. The summed E-state index contributed by atoms with van der Waals surface area (Å²) in [7, 11) is 0. The zero-order valence-electron chi connectivity index (χ0n) is 20.6. The molecule has 0 aliphatic heterocycles. The summed E-state index contributed by atoms with van der Waals surface area (Å²) in [5, 5.41) is 0. The van der Waals surface area contributed by atoms with Gasteiger partial charge in [-0.05, 0) is 80.0 Å². The van der Waals surface area contributed by atoms with E-state index in [1.54, 1.807) is 5.57 Å². The summed E-state index contributed by atoms with van der Waals surface area (Å²) < 4.78 is 0. The average molecular weight is 387 g/mol. The van der Waals surface area contributed by atoms with Crippen LogP contribution in [0.4, 0.5) is 0 Å². The van der Waals surface area contributed by atoms with Crippen molar-refractivity contribution in [3.63, 3.8) is 0 Å². The molecule has 0 aromatic heterocycles. The van der Waals surface area contributed by atoms with Crippen LogP contribution >= 0.6 is 0 Å². The summed E-state index contributed by atoms with van der Waals surface area (Å²) in [6.45, 7) is 31.3. The summed E-state index contributed by atoms with van der Waals surface area (Å²) in [6.07, 6.45) is 10.3. The summed E-state index contributed by atoms with van der Waals surface area (Å²) >= 11 is 0. The van der Waals surface area contributed by atoms with Gasteiger partial charge in [-0.3, -0.25) is 0 Å². The van der Waals surface area contributed by atoms with Crippen LogP contribution in [0.2, 0.25) is 0 Å². The fourth-order valence-electron chi connectivity index (χ4n) is 6.62. The molecule has 6 unspecified atom stereocenters. The summed E-state index contributed by atoms with van der Waals surface area (Å²) in [5.74, 6) is 3.07. The predicted molar refractivity (Wildman–Crippen MR) is 129 cm³/mol. The van der Waals surface area contributed by atoms with Gasteiger partial charge in [0.15, 0.2) is 0 Å². The van der Waals surface area contributed by atoms with Crippen LogP contribution in [0.1, 0.15) is 107 Å². The Balaban J connectivity index is 0.000000717. The Labute approximate surface area is 178 Å². The molecule has 0 spiro atoms. The van der Waals surface area contributed by atoms with Crippen molar-refractivity contribution in [3.8, 4) is 0 Å². The lowest BCUT2D eigenvalue weighted by molar-refractivity contribution is -0.0704. The van der Waals surface area contributed by atoms with Crippen molar-refractivity contribution in [3.05, 3.63) is 36.5 Å². The fraction of sp³-hybridized carbons (Fsp3) is 0.786. The Morgan fingerprint density at radius 1 is 1.04 bits per heavy atom. The third kappa shape index (κ3) is 4.52. The first-order valence-electron chi connectivity index (χ1n) is 12.2. The summed E-state index contributed by atoms with van der Waals surface area (Å²) in [4.78, 5) is 0. The Kier molecular flexibility index (Phi) is 9.30. The van der Waals surface area contributed by atoms with E-state index in [9.17, 15) is 0 Å². The van der Waals surface area contributed by atoms with Crippen LogP contribution in [-0.4, -0.2) is 0 Å². The minimum absolute atomic E-state index is 0.306. The van der Waals surface area contributed by atoms with E-state index < -0.39 is 0 Å². The lowest BCUT2D eigenvalue weighted by Crippen LogP contribution is -2.54. The van der Waals surface area contributed by atoms with Gasteiger partial charge in [0, 0.05) is 0 Å². The standard InChI is InChI=1S/C23H36.C3H8.C2H6/c1-8-19-21-17(5)14-18-13-16(4)9-11-23(18,7)20(21)10-12-22(19,6)15(2)3;1-3-2;1-2/h18-21H,2,4-5,8-14H2,1,3,6-7H3;3H2,1-2H3;1-2H3. The van der Waals surface area contributed by atoms with Crippen LogP contribution < -0.4 is 0 Å². The topological polar surface area (TPSA) is 0 Å². The Hall–Kier alpha value is -0.780. The minimum atomic E-state index is 0.306. The minimum Gasteiger partial charge on any atom is -0.0999 e. The van der Waals surface area contributed by atoms with E-state index in [1.165, 1.54) is 62.5 Å². The first-order valence-corrected chi connectivity index (χ1v) is 12.2. The molecule has 3 aliphatic carbocycles. The second kappa shape index (κ2) is 10.3. The summed E-state index contributed by atoms with van der Waals surface area (Å²) in [5.41, 5.74) is 5.23. The maximum atomic E-state index is 4.61. The van der Waals surface area contributed by atoms with Crippen LogP contribution in [0.3, 0.4) is 0 Å². The van der Waals surface area contributed by atoms with Crippen molar-refractivity contribution in [1.82, 2.24) is 0 Å². The van der Waals surface area contributed by atoms with E-state index in [2.05, 4.69) is 61.3 Å². The highest BCUT2D eigenvalue weighted by Gasteiger charge is 2.57. The first kappa shape index (κ1) is 25.3. The van der Waals surface area contributed by atoms with Gasteiger partial charge in [-0.15, -0.1) is 0 Å². The molecule has 3 rings (SSSR count). The van der Waals surface area contributed by atoms with Crippen LogP contribution in [0, 0.1) is 34.5 Å². The van der Waals surface area contributed by atoms with Gasteiger partial charge in [0.2, 0.25) is 0 Å². The van der Waals surface area contributed by atoms with Crippen LogP contribution in [-0.2, 0) is 0 Å². The van der Waals surface area contributed by atoms with Crippen molar-refractivity contribution in [2.45, 2.75) is 107 Å². The molecule has 0 saturated heterocycles. The second-order valence-corrected chi connectivity index (χ2v) is 10.1. The van der Waals surface area contributed by atoms with E-state index in [0.29, 0.717) is 16.7 Å². The van der Waals surface area contributed by atoms with Gasteiger partial charge in [0.05, 0.1) is 0 Å². The van der Waals surface area contributed by atoms with Crippen LogP contribution in [0.25, 0.3) is 0 Å². The monoisotopic (exact) mass is 386 g/mol. The third-order valence-corrected chi connectivity index (χ3v) is 8.39. The van der Waals surface area contributed by atoms with E-state index in [0.717, 1.165) is 17.8 Å². The van der Waals surface area contributed by atoms with Gasteiger partial charge in [-0.2, -0.15) is 0 Å². The molecule has 3 fully saturated rings. The Morgan fingerprint density at radius 2 is 1.61 bits per heavy atom. The smallest absolute Gasteiger partial charge is 0.00878 e. The van der Waals surface area contributed by atoms with Gasteiger partial charge >= 0.3 is 0 Å². The lowest BCUT2D eigenvalue weighted by Gasteiger charge is -2.62. The molecule has 0 amide bonds. The van der Waals surface area contributed by atoms with Crippen molar-refractivity contribution >= 4 is 0 Å². The summed E-state index contributed by atoms with van der Waals surface area (Å²) in [6, 6.07) is 0. The molecule has 162 valence electrons. The number of hydrogen-bond acceptors (Lipinski definition) is 0. The van der Waals surface area contributed by atoms with Crippen LogP contribution in [0.5, 0.6) is 0 Å². The highest BCUT2D eigenvalue weighted by atomic mass is 14.6. The van der Waals surface area contributed by atoms with Gasteiger partial charge in [-0.1, -0.05) is 97.8 Å². The molecular weight excluding hydrogens is 336 g/mol. The zero-order valence-corrected chi connectivity index (χ0v) is 20.6. The maximum absolute atomic E-state index is 4.61. The third-order valence-electron chi connectivity index (χ3n) is 8.39. The first-order chi connectivity index (χ1) is 13.2. The Bertz CT molecular complexity index is 552. The molecule has 0 N–H and O–H groups in total. The van der Waals surface area contributed by atoms with Gasteiger partial charge in [0.1, 0.15) is 0 Å². The zero-order chi connectivity index (χ0) is 21.7. The second-order valence-electron chi connectivity index (χ2n) is 10.1. The van der Waals surface area contributed by atoms with E-state index in [1.807, 2.05) is 13.8 Å². The lowest BCUT2D eigenvalue weighted by atomic mass is 9.43. The Morgan fingerprint density at radius 3 is 2.11 bits per heavy atom. The van der Waals surface area contributed by atoms with Crippen molar-refractivity contribution < 1.29 is 0 Å². The molecule has 0 heteroatoms. The highest BCUT2D eigenvalue weighted by molar-refractivity contribution is 5.24. The van der Waals surface area contributed by atoms with Gasteiger partial charge in [0.25, 0.3) is 0 Å². The molecule has 3 aliphatic rings. The molecule has 28 heavy (non-hydrogen) atoms. The molecule has 0 bridgehead atoms. The van der Waals surface area contributed by atoms with E-state index in [-0.39, 0.29) is 0 Å². The molecule has 0 nitrogen and oxygen atoms in total. The number of fused-ring (bicyclic) bond motifs is 3. The van der Waals surface area contributed by atoms with Crippen LogP contribution in [0.15, 0.2) is 36.5 Å². The SMILES string of the molecule is C=C1CCC2(C)C(C1)CC(=C)C1C(CC)C(C)(C(=C)C)CCC12.CC.CCC.